The summed E-state index contributed by atoms with van der Waals surface area (Å²) >= 11 is 0. The highest BCUT2D eigenvalue weighted by Gasteiger charge is 2.23. The van der Waals surface area contributed by atoms with Gasteiger partial charge in [0.2, 0.25) is 0 Å². The van der Waals surface area contributed by atoms with Crippen LogP contribution in [0.4, 0.5) is 0 Å². The molecule has 11 rings (SSSR count). The second kappa shape index (κ2) is 9.50. The molecule has 1 aliphatic carbocycles. The van der Waals surface area contributed by atoms with Gasteiger partial charge in [0.25, 0.3) is 0 Å². The van der Waals surface area contributed by atoms with Gasteiger partial charge in [-0.25, -0.2) is 9.97 Å². The maximum Gasteiger partial charge on any atom is 0.159 e. The summed E-state index contributed by atoms with van der Waals surface area (Å²) in [5.41, 5.74) is 12.6. The summed E-state index contributed by atoms with van der Waals surface area (Å²) in [6, 6.07) is 54.5. The van der Waals surface area contributed by atoms with E-state index in [0.29, 0.717) is 0 Å². The molecule has 0 saturated carbocycles. The van der Waals surface area contributed by atoms with Crippen LogP contribution in [0, 0.1) is 0 Å². The lowest BCUT2D eigenvalue weighted by molar-refractivity contribution is 1.16. The highest BCUT2D eigenvalue weighted by Crippen LogP contribution is 2.46. The maximum absolute atomic E-state index is 5.11. The number of hydrogen-bond donors (Lipinski definition) is 0. The molecule has 0 atom stereocenters. The Balaban J connectivity index is 1.04. The predicted molar refractivity (Wildman–Crippen MR) is 198 cm³/mol. The highest BCUT2D eigenvalue weighted by molar-refractivity contribution is 6.14. The van der Waals surface area contributed by atoms with Gasteiger partial charge in [0.15, 0.2) is 5.82 Å². The summed E-state index contributed by atoms with van der Waals surface area (Å²) in [4.78, 5) is 9.95. The summed E-state index contributed by atoms with van der Waals surface area (Å²) < 4.78 is 4.76. The first kappa shape index (κ1) is 25.6. The van der Waals surface area contributed by atoms with E-state index in [1.54, 1.807) is 0 Å². The molecule has 0 spiro atoms. The van der Waals surface area contributed by atoms with E-state index in [4.69, 9.17) is 9.97 Å². The number of rotatable bonds is 3. The van der Waals surface area contributed by atoms with E-state index in [1.807, 2.05) is 6.20 Å². The SMILES string of the molecule is c1cc2c3c(cccc3c1)-c1nc(-c3ccc(-n4c5ccccc5c5cc(-n6c7ccccc7c7ccccc76)ccc54)cc3)ncc1-2. The minimum absolute atomic E-state index is 0.739. The Labute approximate surface area is 275 Å². The molecule has 7 aromatic carbocycles. The third-order valence-electron chi connectivity index (χ3n) is 10.1. The fourth-order valence-corrected chi connectivity index (χ4v) is 8.02. The number of para-hydroxylation sites is 3. The standard InChI is InChI=1S/C44H26N4/c1-4-16-38-31(11-1)32-12-2-5-17-39(32)48(38)30-23-24-41-36(25-30)33-13-3-6-18-40(33)47(41)29-21-19-28(20-22-29)44-45-26-37-34-14-7-9-27-10-8-15-35(42(27)34)43(37)46-44/h1-26H. The summed E-state index contributed by atoms with van der Waals surface area (Å²) in [5.74, 6) is 0.739. The molecule has 0 unspecified atom stereocenters. The summed E-state index contributed by atoms with van der Waals surface area (Å²) in [6.45, 7) is 0. The zero-order valence-electron chi connectivity index (χ0n) is 25.8. The maximum atomic E-state index is 5.11. The molecular formula is C44H26N4. The largest absolute Gasteiger partial charge is 0.309 e. The third kappa shape index (κ3) is 3.43. The summed E-state index contributed by atoms with van der Waals surface area (Å²) in [6.07, 6.45) is 1.99. The van der Waals surface area contributed by atoms with Crippen molar-refractivity contribution >= 4 is 54.4 Å². The molecule has 3 aromatic heterocycles. The average Bonchev–Trinajstić information content (AvgIpc) is 3.78. The molecule has 0 aliphatic heterocycles. The van der Waals surface area contributed by atoms with Crippen LogP contribution in [-0.4, -0.2) is 19.1 Å². The first-order chi connectivity index (χ1) is 23.8. The van der Waals surface area contributed by atoms with Crippen molar-refractivity contribution in [3.8, 4) is 45.1 Å². The number of hydrogen-bond acceptors (Lipinski definition) is 2. The van der Waals surface area contributed by atoms with Gasteiger partial charge in [-0.15, -0.1) is 0 Å². The third-order valence-corrected chi connectivity index (χ3v) is 10.1. The van der Waals surface area contributed by atoms with Gasteiger partial charge in [-0.1, -0.05) is 91.0 Å². The molecule has 0 bridgehead atoms. The minimum Gasteiger partial charge on any atom is -0.309 e. The molecular weight excluding hydrogens is 585 g/mol. The number of benzene rings is 7. The van der Waals surface area contributed by atoms with Crippen molar-refractivity contribution in [2.75, 3.05) is 0 Å². The van der Waals surface area contributed by atoms with Crippen molar-refractivity contribution in [2.45, 2.75) is 0 Å². The van der Waals surface area contributed by atoms with Crippen LogP contribution >= 0.6 is 0 Å². The van der Waals surface area contributed by atoms with Crippen LogP contribution in [0.25, 0.3) is 99.5 Å². The van der Waals surface area contributed by atoms with Crippen LogP contribution in [0.15, 0.2) is 158 Å². The minimum atomic E-state index is 0.739. The second-order valence-corrected chi connectivity index (χ2v) is 12.6. The van der Waals surface area contributed by atoms with Crippen LogP contribution in [-0.2, 0) is 0 Å². The van der Waals surface area contributed by atoms with Crippen molar-refractivity contribution in [3.63, 3.8) is 0 Å². The number of aromatic nitrogens is 4. The molecule has 222 valence electrons. The smallest absolute Gasteiger partial charge is 0.159 e. The average molecular weight is 611 g/mol. The molecule has 4 heteroatoms. The van der Waals surface area contributed by atoms with E-state index >= 15 is 0 Å². The van der Waals surface area contributed by atoms with Gasteiger partial charge in [-0.05, 0) is 77.0 Å². The Morgan fingerprint density at radius 2 is 0.979 bits per heavy atom. The van der Waals surface area contributed by atoms with E-state index in [9.17, 15) is 0 Å². The van der Waals surface area contributed by atoms with Gasteiger partial charge in [-0.2, -0.15) is 0 Å². The van der Waals surface area contributed by atoms with Crippen molar-refractivity contribution in [3.05, 3.63) is 158 Å². The van der Waals surface area contributed by atoms with E-state index < -0.39 is 0 Å². The number of nitrogens with zero attached hydrogens (tertiary/aromatic N) is 4. The van der Waals surface area contributed by atoms with Gasteiger partial charge in [0, 0.05) is 55.8 Å². The number of fused-ring (bicyclic) bond motifs is 9. The Bertz CT molecular complexity index is 2890. The topological polar surface area (TPSA) is 35.6 Å². The van der Waals surface area contributed by atoms with Crippen molar-refractivity contribution < 1.29 is 0 Å². The molecule has 48 heavy (non-hydrogen) atoms. The van der Waals surface area contributed by atoms with Gasteiger partial charge < -0.3 is 9.13 Å². The van der Waals surface area contributed by atoms with Crippen molar-refractivity contribution in [1.82, 2.24) is 19.1 Å². The van der Waals surface area contributed by atoms with Gasteiger partial charge in [-0.3, -0.25) is 0 Å². The molecule has 1 aliphatic rings. The van der Waals surface area contributed by atoms with Gasteiger partial charge in [0.05, 0.1) is 27.8 Å². The van der Waals surface area contributed by atoms with E-state index in [0.717, 1.165) is 34.0 Å². The Morgan fingerprint density at radius 1 is 0.417 bits per heavy atom. The lowest BCUT2D eigenvalue weighted by Crippen LogP contribution is -1.96. The van der Waals surface area contributed by atoms with E-state index in [2.05, 4.69) is 161 Å². The fraction of sp³-hybridized carbons (Fsp3) is 0. The van der Waals surface area contributed by atoms with Gasteiger partial charge >= 0.3 is 0 Å². The lowest BCUT2D eigenvalue weighted by atomic mass is 10.0. The van der Waals surface area contributed by atoms with E-state index in [1.165, 1.54) is 65.5 Å². The summed E-state index contributed by atoms with van der Waals surface area (Å²) in [5, 5.41) is 7.50. The molecule has 3 heterocycles. The quantitative estimate of drug-likeness (QED) is 0.199. The second-order valence-electron chi connectivity index (χ2n) is 12.6. The summed E-state index contributed by atoms with van der Waals surface area (Å²) in [7, 11) is 0. The van der Waals surface area contributed by atoms with E-state index in [-0.39, 0.29) is 0 Å². The molecule has 0 N–H and O–H groups in total. The Kier molecular flexibility index (Phi) is 5.08. The van der Waals surface area contributed by atoms with Crippen molar-refractivity contribution in [1.29, 1.82) is 0 Å². The van der Waals surface area contributed by atoms with Crippen LogP contribution in [0.3, 0.4) is 0 Å². The predicted octanol–water partition coefficient (Wildman–Crippen LogP) is 11.1. The van der Waals surface area contributed by atoms with Crippen LogP contribution in [0.5, 0.6) is 0 Å². The molecule has 0 fully saturated rings. The zero-order chi connectivity index (χ0) is 31.3. The van der Waals surface area contributed by atoms with Crippen LogP contribution < -0.4 is 0 Å². The molecule has 0 amide bonds. The highest BCUT2D eigenvalue weighted by atomic mass is 15.0. The van der Waals surface area contributed by atoms with Crippen LogP contribution in [0.2, 0.25) is 0 Å². The first-order valence-corrected chi connectivity index (χ1v) is 16.3. The van der Waals surface area contributed by atoms with Crippen molar-refractivity contribution in [2.24, 2.45) is 0 Å². The molecule has 4 nitrogen and oxygen atoms in total. The van der Waals surface area contributed by atoms with Crippen LogP contribution in [0.1, 0.15) is 0 Å². The fourth-order valence-electron chi connectivity index (χ4n) is 8.02. The molecule has 0 saturated heterocycles. The Morgan fingerprint density at radius 3 is 1.67 bits per heavy atom. The molecule has 0 radical (unpaired) electrons. The zero-order valence-corrected chi connectivity index (χ0v) is 25.8. The first-order valence-electron chi connectivity index (χ1n) is 16.3. The lowest BCUT2D eigenvalue weighted by Gasteiger charge is -2.11. The molecule has 10 aromatic rings. The Hall–Kier alpha value is -6.52. The normalized spacial score (nSPS) is 12.2. The monoisotopic (exact) mass is 610 g/mol. The van der Waals surface area contributed by atoms with Gasteiger partial charge in [0.1, 0.15) is 0 Å².